The molecule has 3 aromatic rings. The molecule has 2 amide bonds. The van der Waals surface area contributed by atoms with Crippen molar-refractivity contribution in [3.8, 4) is 0 Å². The Bertz CT molecular complexity index is 1020. The van der Waals surface area contributed by atoms with Crippen LogP contribution in [0.15, 0.2) is 48.7 Å². The van der Waals surface area contributed by atoms with Crippen LogP contribution in [-0.4, -0.2) is 44.9 Å². The number of halogens is 1. The summed E-state index contributed by atoms with van der Waals surface area (Å²) >= 11 is 6.02. The number of anilines is 1. The first-order valence-corrected chi connectivity index (χ1v) is 9.00. The molecule has 1 fully saturated rings. The van der Waals surface area contributed by atoms with E-state index in [0.717, 1.165) is 5.65 Å². The van der Waals surface area contributed by atoms with Crippen molar-refractivity contribution in [1.82, 2.24) is 19.5 Å². The molecule has 0 N–H and O–H groups in total. The number of hydrogen-bond acceptors (Lipinski definition) is 4. The molecule has 2 aromatic heterocycles. The fourth-order valence-electron chi connectivity index (χ4n) is 3.37. The molecule has 1 saturated heterocycles. The predicted octanol–water partition coefficient (Wildman–Crippen LogP) is 2.39. The van der Waals surface area contributed by atoms with Crippen LogP contribution in [0.25, 0.3) is 5.65 Å². The van der Waals surface area contributed by atoms with Crippen LogP contribution in [0.3, 0.4) is 0 Å². The van der Waals surface area contributed by atoms with Crippen LogP contribution < -0.4 is 4.90 Å². The van der Waals surface area contributed by atoms with E-state index in [2.05, 4.69) is 10.2 Å². The Kier molecular flexibility index (Phi) is 4.53. The minimum absolute atomic E-state index is 0.0723. The number of aromatic nitrogens is 3. The average Bonchev–Trinajstić information content (AvgIpc) is 3.25. The molecule has 0 unspecified atom stereocenters. The Hall–Kier alpha value is -2.93. The van der Waals surface area contributed by atoms with Crippen molar-refractivity contribution < 1.29 is 9.59 Å². The van der Waals surface area contributed by atoms with Gasteiger partial charge >= 0.3 is 0 Å². The highest BCUT2D eigenvalue weighted by Gasteiger charge is 2.36. The number of hydrogen-bond donors (Lipinski definition) is 0. The molecule has 1 aromatic carbocycles. The van der Waals surface area contributed by atoms with E-state index in [1.165, 1.54) is 0 Å². The summed E-state index contributed by atoms with van der Waals surface area (Å²) in [5, 5.41) is 8.82. The van der Waals surface area contributed by atoms with Crippen LogP contribution >= 0.6 is 11.6 Å². The number of carbonyl (C=O) groups is 2. The van der Waals surface area contributed by atoms with Gasteiger partial charge in [-0.15, -0.1) is 10.2 Å². The highest BCUT2D eigenvalue weighted by atomic mass is 35.5. The topological polar surface area (TPSA) is 70.8 Å². The van der Waals surface area contributed by atoms with Gasteiger partial charge in [0.05, 0.1) is 12.5 Å². The van der Waals surface area contributed by atoms with Gasteiger partial charge in [0.15, 0.2) is 11.5 Å². The number of benzene rings is 1. The van der Waals surface area contributed by atoms with Gasteiger partial charge in [-0.2, -0.15) is 0 Å². The van der Waals surface area contributed by atoms with E-state index < -0.39 is 0 Å². The largest absolute Gasteiger partial charge is 0.338 e. The van der Waals surface area contributed by atoms with E-state index in [9.17, 15) is 9.59 Å². The van der Waals surface area contributed by atoms with Crippen LogP contribution in [0.5, 0.6) is 0 Å². The van der Waals surface area contributed by atoms with Crippen molar-refractivity contribution in [2.45, 2.75) is 13.0 Å². The maximum absolute atomic E-state index is 12.9. The van der Waals surface area contributed by atoms with Crippen molar-refractivity contribution in [3.05, 3.63) is 59.5 Å². The number of rotatable bonds is 4. The number of amides is 2. The Morgan fingerprint density at radius 1 is 1.26 bits per heavy atom. The first kappa shape index (κ1) is 17.5. The Labute approximate surface area is 161 Å². The van der Waals surface area contributed by atoms with Crippen LogP contribution in [0, 0.1) is 5.92 Å². The SMILES string of the molecule is CN(Cc1nnc2ccccn12)C(=O)[C@H]1CC(=O)N(c2cccc(Cl)c2)C1. The van der Waals surface area contributed by atoms with Gasteiger partial charge in [-0.25, -0.2) is 0 Å². The van der Waals surface area contributed by atoms with E-state index in [-0.39, 0.29) is 24.2 Å². The fraction of sp³-hybridized carbons (Fsp3) is 0.263. The molecule has 27 heavy (non-hydrogen) atoms. The zero-order valence-electron chi connectivity index (χ0n) is 14.7. The van der Waals surface area contributed by atoms with Gasteiger partial charge in [0.25, 0.3) is 0 Å². The van der Waals surface area contributed by atoms with Gasteiger partial charge in [-0.1, -0.05) is 23.7 Å². The molecule has 0 spiro atoms. The first-order chi connectivity index (χ1) is 13.0. The molecule has 138 valence electrons. The number of fused-ring (bicyclic) bond motifs is 1. The lowest BCUT2D eigenvalue weighted by Gasteiger charge is -2.21. The maximum atomic E-state index is 12.9. The lowest BCUT2D eigenvalue weighted by molar-refractivity contribution is -0.135. The highest BCUT2D eigenvalue weighted by Crippen LogP contribution is 2.28. The second-order valence-corrected chi connectivity index (χ2v) is 7.06. The minimum atomic E-state index is -0.388. The lowest BCUT2D eigenvalue weighted by Crippen LogP contribution is -2.34. The molecule has 0 bridgehead atoms. The number of pyridine rings is 1. The number of carbonyl (C=O) groups excluding carboxylic acids is 2. The molecule has 1 aliphatic rings. The molecular formula is C19H18ClN5O2. The summed E-state index contributed by atoms with van der Waals surface area (Å²) in [6.45, 7) is 0.675. The van der Waals surface area contributed by atoms with Gasteiger partial charge in [-0.05, 0) is 30.3 Å². The molecule has 0 aliphatic carbocycles. The molecule has 1 atom stereocenters. The maximum Gasteiger partial charge on any atom is 0.228 e. The Morgan fingerprint density at radius 2 is 2.11 bits per heavy atom. The average molecular weight is 384 g/mol. The molecular weight excluding hydrogens is 366 g/mol. The van der Waals surface area contributed by atoms with E-state index in [1.54, 1.807) is 35.0 Å². The summed E-state index contributed by atoms with van der Waals surface area (Å²) in [6.07, 6.45) is 2.05. The summed E-state index contributed by atoms with van der Waals surface area (Å²) in [4.78, 5) is 28.5. The van der Waals surface area contributed by atoms with Gasteiger partial charge in [-0.3, -0.25) is 14.0 Å². The van der Waals surface area contributed by atoms with E-state index in [4.69, 9.17) is 11.6 Å². The van der Waals surface area contributed by atoms with E-state index in [0.29, 0.717) is 29.6 Å². The molecule has 3 heterocycles. The third-order valence-electron chi connectivity index (χ3n) is 4.73. The third-order valence-corrected chi connectivity index (χ3v) is 4.97. The smallest absolute Gasteiger partial charge is 0.228 e. The molecule has 0 radical (unpaired) electrons. The van der Waals surface area contributed by atoms with Crippen molar-refractivity contribution in [1.29, 1.82) is 0 Å². The molecule has 0 saturated carbocycles. The molecule has 4 rings (SSSR count). The Morgan fingerprint density at radius 3 is 2.93 bits per heavy atom. The monoisotopic (exact) mass is 383 g/mol. The summed E-state index contributed by atoms with van der Waals surface area (Å²) in [5.41, 5.74) is 1.45. The van der Waals surface area contributed by atoms with Crippen molar-refractivity contribution in [3.63, 3.8) is 0 Å². The quantitative estimate of drug-likeness (QED) is 0.693. The second kappa shape index (κ2) is 7.00. The van der Waals surface area contributed by atoms with Crippen molar-refractivity contribution in [2.75, 3.05) is 18.5 Å². The molecule has 1 aliphatic heterocycles. The van der Waals surface area contributed by atoms with Gasteiger partial charge in [0.2, 0.25) is 11.8 Å². The van der Waals surface area contributed by atoms with Crippen LogP contribution in [0.1, 0.15) is 12.2 Å². The lowest BCUT2D eigenvalue weighted by atomic mass is 10.1. The van der Waals surface area contributed by atoms with Crippen molar-refractivity contribution >= 4 is 34.7 Å². The van der Waals surface area contributed by atoms with Gasteiger partial charge in [0.1, 0.15) is 0 Å². The minimum Gasteiger partial charge on any atom is -0.338 e. The van der Waals surface area contributed by atoms with Crippen LogP contribution in [-0.2, 0) is 16.1 Å². The fourth-order valence-corrected chi connectivity index (χ4v) is 3.55. The zero-order chi connectivity index (χ0) is 19.0. The van der Waals surface area contributed by atoms with Gasteiger partial charge in [0, 0.05) is 36.9 Å². The van der Waals surface area contributed by atoms with E-state index in [1.807, 2.05) is 34.9 Å². The first-order valence-electron chi connectivity index (χ1n) is 8.62. The summed E-state index contributed by atoms with van der Waals surface area (Å²) in [7, 11) is 1.72. The summed E-state index contributed by atoms with van der Waals surface area (Å²) < 4.78 is 1.85. The summed E-state index contributed by atoms with van der Waals surface area (Å²) in [6, 6.07) is 12.7. The highest BCUT2D eigenvalue weighted by molar-refractivity contribution is 6.31. The third kappa shape index (κ3) is 3.38. The van der Waals surface area contributed by atoms with E-state index >= 15 is 0 Å². The van der Waals surface area contributed by atoms with Crippen LogP contribution in [0.2, 0.25) is 5.02 Å². The Balaban J connectivity index is 1.47. The van der Waals surface area contributed by atoms with Crippen molar-refractivity contribution in [2.24, 2.45) is 5.92 Å². The zero-order valence-corrected chi connectivity index (χ0v) is 15.5. The van der Waals surface area contributed by atoms with Crippen LogP contribution in [0.4, 0.5) is 5.69 Å². The predicted molar refractivity (Wildman–Crippen MR) is 101 cm³/mol. The molecule has 8 heteroatoms. The standard InChI is InChI=1S/C19H18ClN5O2/c1-23(12-17-22-21-16-7-2-3-8-24(16)17)19(27)13-9-18(26)25(11-13)15-6-4-5-14(20)10-15/h2-8,10,13H,9,11-12H2,1H3/t13-/m0/s1. The normalized spacial score (nSPS) is 16.9. The molecule has 7 nitrogen and oxygen atoms in total. The summed E-state index contributed by atoms with van der Waals surface area (Å²) in [5.74, 6) is 0.135. The van der Waals surface area contributed by atoms with Gasteiger partial charge < -0.3 is 9.80 Å². The second-order valence-electron chi connectivity index (χ2n) is 6.62. The number of nitrogens with zero attached hydrogens (tertiary/aromatic N) is 5.